The Morgan fingerprint density at radius 2 is 1.72 bits per heavy atom. The van der Waals surface area contributed by atoms with Gasteiger partial charge in [-0.2, -0.15) is 13.2 Å². The predicted octanol–water partition coefficient (Wildman–Crippen LogP) is 5.14. The van der Waals surface area contributed by atoms with Crippen LogP contribution < -0.4 is 4.90 Å². The van der Waals surface area contributed by atoms with E-state index in [0.29, 0.717) is 5.92 Å². The Labute approximate surface area is 181 Å². The summed E-state index contributed by atoms with van der Waals surface area (Å²) < 4.78 is 47.9. The third-order valence-electron chi connectivity index (χ3n) is 5.92. The molecule has 168 valence electrons. The molecule has 2 aliphatic heterocycles. The summed E-state index contributed by atoms with van der Waals surface area (Å²) in [5.41, 5.74) is 4.66. The van der Waals surface area contributed by atoms with Crippen LogP contribution in [-0.2, 0) is 4.79 Å². The normalized spacial score (nSPS) is 17.9. The lowest BCUT2D eigenvalue weighted by molar-refractivity contribution is -0.192. The number of fused-ring (bicyclic) bond motifs is 3. The fourth-order valence-electron chi connectivity index (χ4n) is 4.49. The number of aliphatic carboxylic acids is 1. The number of carboxylic acid groups (broad SMARTS) is 1. The minimum absolute atomic E-state index is 0.149. The zero-order chi connectivity index (χ0) is 22.9. The van der Waals surface area contributed by atoms with Gasteiger partial charge in [-0.05, 0) is 54.7 Å². The number of anilines is 1. The maximum Gasteiger partial charge on any atom is 0.490 e. The van der Waals surface area contributed by atoms with Crippen molar-refractivity contribution >= 4 is 11.7 Å². The summed E-state index contributed by atoms with van der Waals surface area (Å²) in [7, 11) is 0. The number of aromatic nitrogens is 2. The van der Waals surface area contributed by atoms with Crippen molar-refractivity contribution < 1.29 is 27.5 Å². The smallest absolute Gasteiger partial charge is 0.475 e. The molecule has 32 heavy (non-hydrogen) atoms. The largest absolute Gasteiger partial charge is 0.490 e. The van der Waals surface area contributed by atoms with Crippen LogP contribution in [-0.4, -0.2) is 39.9 Å². The number of carboxylic acids is 1. The van der Waals surface area contributed by atoms with Gasteiger partial charge in [-0.25, -0.2) is 14.2 Å². The van der Waals surface area contributed by atoms with Crippen LogP contribution in [0.4, 0.5) is 23.2 Å². The van der Waals surface area contributed by atoms with Crippen molar-refractivity contribution in [3.63, 3.8) is 0 Å². The van der Waals surface area contributed by atoms with Gasteiger partial charge in [-0.1, -0.05) is 18.2 Å². The van der Waals surface area contributed by atoms with Crippen LogP contribution in [0.3, 0.4) is 0 Å². The van der Waals surface area contributed by atoms with E-state index in [0.717, 1.165) is 42.8 Å². The Morgan fingerprint density at radius 3 is 2.34 bits per heavy atom. The van der Waals surface area contributed by atoms with E-state index in [1.165, 1.54) is 5.69 Å². The van der Waals surface area contributed by atoms with Crippen molar-refractivity contribution in [2.75, 3.05) is 18.0 Å². The van der Waals surface area contributed by atoms with Crippen LogP contribution >= 0.6 is 0 Å². The number of carbonyl (C=O) groups is 1. The first-order valence-electron chi connectivity index (χ1n) is 10.2. The van der Waals surface area contributed by atoms with Gasteiger partial charge in [0, 0.05) is 24.3 Å². The molecule has 0 bridgehead atoms. The van der Waals surface area contributed by atoms with Crippen LogP contribution in [0.15, 0.2) is 61.1 Å². The zero-order valence-electron chi connectivity index (χ0n) is 17.0. The van der Waals surface area contributed by atoms with Gasteiger partial charge in [-0.15, -0.1) is 0 Å². The van der Waals surface area contributed by atoms with Crippen molar-refractivity contribution in [3.8, 4) is 11.3 Å². The molecule has 0 aliphatic carbocycles. The molecule has 0 amide bonds. The van der Waals surface area contributed by atoms with E-state index in [9.17, 15) is 17.6 Å². The number of hydrogen-bond acceptors (Lipinski definition) is 3. The summed E-state index contributed by atoms with van der Waals surface area (Å²) in [6.45, 7) is 2.08. The van der Waals surface area contributed by atoms with E-state index in [2.05, 4.69) is 44.8 Å². The van der Waals surface area contributed by atoms with Crippen LogP contribution in [0.5, 0.6) is 0 Å². The number of para-hydroxylation sites is 1. The van der Waals surface area contributed by atoms with Crippen molar-refractivity contribution in [3.05, 3.63) is 72.4 Å². The van der Waals surface area contributed by atoms with Crippen LogP contribution in [0.1, 0.15) is 24.4 Å². The monoisotopic (exact) mass is 447 g/mol. The molecule has 0 saturated carbocycles. The molecule has 5 rings (SSSR count). The maximum atomic E-state index is 13.9. The van der Waals surface area contributed by atoms with E-state index in [4.69, 9.17) is 9.90 Å². The fraction of sp³-hybridized carbons (Fsp3) is 0.304. The maximum absolute atomic E-state index is 13.9. The van der Waals surface area contributed by atoms with Gasteiger partial charge < -0.3 is 14.6 Å². The second-order valence-corrected chi connectivity index (χ2v) is 7.83. The molecule has 5 nitrogen and oxygen atoms in total. The highest BCUT2D eigenvalue weighted by atomic mass is 19.4. The van der Waals surface area contributed by atoms with E-state index >= 15 is 0 Å². The Bertz CT molecular complexity index is 1090. The first-order chi connectivity index (χ1) is 15.3. The van der Waals surface area contributed by atoms with Gasteiger partial charge in [0.1, 0.15) is 5.82 Å². The molecule has 1 N–H and O–H groups in total. The van der Waals surface area contributed by atoms with Crippen LogP contribution in [0, 0.1) is 11.7 Å². The molecule has 1 atom stereocenters. The number of benzene rings is 2. The van der Waals surface area contributed by atoms with Gasteiger partial charge in [-0.3, -0.25) is 0 Å². The van der Waals surface area contributed by atoms with Crippen molar-refractivity contribution in [2.24, 2.45) is 5.92 Å². The Balaban J connectivity index is 0.000000307. The molecule has 2 aliphatic rings. The summed E-state index contributed by atoms with van der Waals surface area (Å²) in [6, 6.07) is 16.0. The molecule has 3 heterocycles. The molecular weight excluding hydrogens is 426 g/mol. The molecule has 0 radical (unpaired) electrons. The lowest BCUT2D eigenvalue weighted by Gasteiger charge is -2.37. The quantitative estimate of drug-likeness (QED) is 0.553. The predicted molar refractivity (Wildman–Crippen MR) is 111 cm³/mol. The molecule has 9 heteroatoms. The molecular formula is C23H21F4N3O2. The molecule has 1 unspecified atom stereocenters. The Morgan fingerprint density at radius 1 is 1.06 bits per heavy atom. The molecule has 0 spiro atoms. The summed E-state index contributed by atoms with van der Waals surface area (Å²) in [4.78, 5) is 15.7. The number of hydrogen-bond donors (Lipinski definition) is 1. The Kier molecular flexibility index (Phi) is 5.90. The second-order valence-electron chi connectivity index (χ2n) is 7.83. The van der Waals surface area contributed by atoms with E-state index in [1.807, 2.05) is 18.6 Å². The molecule has 2 aromatic carbocycles. The minimum atomic E-state index is -5.08. The lowest BCUT2D eigenvalue weighted by atomic mass is 9.85. The van der Waals surface area contributed by atoms with Crippen molar-refractivity contribution in [1.29, 1.82) is 0 Å². The highest BCUT2D eigenvalue weighted by Crippen LogP contribution is 2.46. The van der Waals surface area contributed by atoms with E-state index < -0.39 is 12.1 Å². The number of piperidine rings is 1. The minimum Gasteiger partial charge on any atom is -0.475 e. The molecule has 1 saturated heterocycles. The van der Waals surface area contributed by atoms with Crippen molar-refractivity contribution in [1.82, 2.24) is 9.55 Å². The third kappa shape index (κ3) is 4.32. The van der Waals surface area contributed by atoms with E-state index in [1.54, 1.807) is 12.1 Å². The van der Waals surface area contributed by atoms with Gasteiger partial charge in [0.15, 0.2) is 0 Å². The summed E-state index contributed by atoms with van der Waals surface area (Å²) in [5, 5.41) is 7.12. The van der Waals surface area contributed by atoms with Gasteiger partial charge in [0.05, 0.1) is 24.3 Å². The zero-order valence-corrected chi connectivity index (χ0v) is 17.0. The topological polar surface area (TPSA) is 58.4 Å². The molecule has 1 aromatic heterocycles. The van der Waals surface area contributed by atoms with Crippen LogP contribution in [0.25, 0.3) is 11.3 Å². The molecule has 1 fully saturated rings. The SMILES string of the molecule is Fc1ccc2c(c1)C(C1CCN(c3ccccc3)CC1)n1cncc1-2.O=C(O)C(F)(F)F. The van der Waals surface area contributed by atoms with Gasteiger partial charge in [0.25, 0.3) is 0 Å². The van der Waals surface area contributed by atoms with Gasteiger partial charge in [0.2, 0.25) is 0 Å². The summed E-state index contributed by atoms with van der Waals surface area (Å²) >= 11 is 0. The standard InChI is InChI=1S/C21H20FN3.C2HF3O2/c22-16-6-7-18-19(12-16)21(25-14-23-13-20(18)25)15-8-10-24(11-9-15)17-4-2-1-3-5-17;3-2(4,5)1(6)7/h1-7,12-15,21H,8-11H2;(H,6,7). The third-order valence-corrected chi connectivity index (χ3v) is 5.92. The first kappa shape index (κ1) is 21.9. The highest BCUT2D eigenvalue weighted by molar-refractivity contribution is 5.73. The summed E-state index contributed by atoms with van der Waals surface area (Å²) in [6.07, 6.45) is 0.928. The van der Waals surface area contributed by atoms with Crippen molar-refractivity contribution in [2.45, 2.75) is 25.1 Å². The highest BCUT2D eigenvalue weighted by Gasteiger charge is 2.38. The number of halogens is 4. The molecule has 3 aromatic rings. The number of alkyl halides is 3. The Hall–Kier alpha value is -3.36. The average molecular weight is 447 g/mol. The lowest BCUT2D eigenvalue weighted by Crippen LogP contribution is -2.36. The number of rotatable bonds is 2. The number of nitrogens with zero attached hydrogens (tertiary/aromatic N) is 3. The summed E-state index contributed by atoms with van der Waals surface area (Å²) in [5.74, 6) is -2.40. The second kappa shape index (κ2) is 8.64. The first-order valence-corrected chi connectivity index (χ1v) is 10.2. The van der Waals surface area contributed by atoms with Gasteiger partial charge >= 0.3 is 12.1 Å². The van der Waals surface area contributed by atoms with E-state index in [-0.39, 0.29) is 11.9 Å². The van der Waals surface area contributed by atoms with Crippen LogP contribution in [0.2, 0.25) is 0 Å². The average Bonchev–Trinajstić information content (AvgIpc) is 3.35. The fourth-order valence-corrected chi connectivity index (χ4v) is 4.49. The number of imidazole rings is 1.